The van der Waals surface area contributed by atoms with Crippen molar-refractivity contribution in [2.75, 3.05) is 19.4 Å². The van der Waals surface area contributed by atoms with E-state index in [0.717, 1.165) is 0 Å². The van der Waals surface area contributed by atoms with Crippen molar-refractivity contribution >= 4 is 7.60 Å². The Kier molecular flexibility index (Phi) is 9.80. The van der Waals surface area contributed by atoms with Gasteiger partial charge in [-0.25, -0.2) is 0 Å². The molecule has 13 heavy (non-hydrogen) atoms. The van der Waals surface area contributed by atoms with Crippen LogP contribution in [0.2, 0.25) is 0 Å². The summed E-state index contributed by atoms with van der Waals surface area (Å²) in [6.07, 6.45) is 2.95. The molecule has 0 aromatic rings. The predicted octanol–water partition coefficient (Wildman–Crippen LogP) is -2.09. The predicted molar refractivity (Wildman–Crippen MR) is 50.0 cm³/mol. The first-order valence-corrected chi connectivity index (χ1v) is 5.28. The summed E-state index contributed by atoms with van der Waals surface area (Å²) in [6, 6.07) is 0. The molecule has 0 fully saturated rings. The van der Waals surface area contributed by atoms with Gasteiger partial charge in [-0.1, -0.05) is 12.2 Å². The van der Waals surface area contributed by atoms with E-state index in [1.807, 2.05) is 0 Å². The molecular formula is C7H15NNaO3P. The van der Waals surface area contributed by atoms with Gasteiger partial charge in [0.15, 0.2) is 0 Å². The summed E-state index contributed by atoms with van der Waals surface area (Å²) in [4.78, 5) is 18.9. The minimum Gasteiger partial charge on any atom is -1.00 e. The van der Waals surface area contributed by atoms with Crippen LogP contribution >= 0.6 is 7.60 Å². The Bertz CT molecular complexity index is 199. The zero-order valence-electron chi connectivity index (χ0n) is 8.89. The van der Waals surface area contributed by atoms with Gasteiger partial charge in [0, 0.05) is 13.1 Å². The summed E-state index contributed by atoms with van der Waals surface area (Å²) in [5, 5.41) is 0. The fourth-order valence-corrected chi connectivity index (χ4v) is 1.57. The maximum atomic E-state index is 10.6. The van der Waals surface area contributed by atoms with E-state index in [9.17, 15) is 4.57 Å². The van der Waals surface area contributed by atoms with Gasteiger partial charge >= 0.3 is 37.2 Å². The second-order valence-electron chi connectivity index (χ2n) is 2.42. The topological polar surface area (TPSA) is 60.8 Å². The number of hydrogen-bond acceptors (Lipinski definition) is 2. The van der Waals surface area contributed by atoms with E-state index in [-0.39, 0.29) is 37.3 Å². The van der Waals surface area contributed by atoms with E-state index < -0.39 is 7.60 Å². The van der Waals surface area contributed by atoms with Crippen molar-refractivity contribution in [2.24, 2.45) is 0 Å². The van der Waals surface area contributed by atoms with Crippen LogP contribution in [0.3, 0.4) is 0 Å². The average Bonchev–Trinajstić information content (AvgIpc) is 1.84. The van der Waals surface area contributed by atoms with E-state index in [4.69, 9.17) is 9.79 Å². The molecule has 0 aliphatic heterocycles. The van der Waals surface area contributed by atoms with Crippen LogP contribution in [-0.2, 0) is 4.57 Å². The van der Waals surface area contributed by atoms with Crippen LogP contribution in [0.15, 0.2) is 25.3 Å². The van der Waals surface area contributed by atoms with Crippen molar-refractivity contribution in [3.63, 3.8) is 0 Å². The molecule has 0 bridgehead atoms. The summed E-state index contributed by atoms with van der Waals surface area (Å²) in [5.74, 6) is 0. The van der Waals surface area contributed by atoms with Gasteiger partial charge < -0.3 is 11.2 Å². The van der Waals surface area contributed by atoms with Gasteiger partial charge in [-0.2, -0.15) is 0 Å². The first-order chi connectivity index (χ1) is 5.49. The van der Waals surface area contributed by atoms with Gasteiger partial charge in [0.05, 0.1) is 0 Å². The Morgan fingerprint density at radius 3 is 1.92 bits per heavy atom. The third-order valence-corrected chi connectivity index (χ3v) is 1.93. The number of nitrogens with zero attached hydrogens (tertiary/aromatic N) is 1. The molecule has 0 atom stereocenters. The summed E-state index contributed by atoms with van der Waals surface area (Å²) < 4.78 is 10.6. The molecule has 0 rings (SSSR count). The van der Waals surface area contributed by atoms with Crippen LogP contribution in [-0.4, -0.2) is 34.1 Å². The fourth-order valence-electron chi connectivity index (χ4n) is 0.816. The molecule has 2 N–H and O–H groups in total. The molecule has 4 nitrogen and oxygen atoms in total. The van der Waals surface area contributed by atoms with E-state index in [2.05, 4.69) is 13.2 Å². The summed E-state index contributed by atoms with van der Waals surface area (Å²) in [7, 11) is -3.95. The molecule has 0 radical (unpaired) electrons. The largest absolute Gasteiger partial charge is 1.00 e. The van der Waals surface area contributed by atoms with E-state index in [1.54, 1.807) is 17.1 Å². The normalized spacial score (nSPS) is 10.7. The summed E-state index contributed by atoms with van der Waals surface area (Å²) >= 11 is 0. The van der Waals surface area contributed by atoms with Crippen molar-refractivity contribution in [3.05, 3.63) is 25.3 Å². The van der Waals surface area contributed by atoms with Gasteiger partial charge in [0.25, 0.3) is 0 Å². The van der Waals surface area contributed by atoms with Crippen molar-refractivity contribution < 1.29 is 45.3 Å². The van der Waals surface area contributed by atoms with Crippen molar-refractivity contribution in [3.8, 4) is 0 Å². The molecule has 0 spiro atoms. The van der Waals surface area contributed by atoms with E-state index >= 15 is 0 Å². The summed E-state index contributed by atoms with van der Waals surface area (Å²) in [6.45, 7) is 7.88. The number of hydrogen-bond donors (Lipinski definition) is 2. The Hall–Kier alpha value is 0.590. The molecule has 0 unspecified atom stereocenters. The van der Waals surface area contributed by atoms with Crippen LogP contribution < -0.4 is 29.6 Å². The molecule has 0 saturated carbocycles. The van der Waals surface area contributed by atoms with Crippen LogP contribution in [0.5, 0.6) is 0 Å². The minimum atomic E-state index is -3.95. The Balaban J connectivity index is -0.000000605. The van der Waals surface area contributed by atoms with Crippen LogP contribution in [0, 0.1) is 0 Å². The van der Waals surface area contributed by atoms with Crippen molar-refractivity contribution in [1.82, 2.24) is 4.90 Å². The molecule has 0 aromatic heterocycles. The zero-order valence-corrected chi connectivity index (χ0v) is 10.8. The molecule has 0 aliphatic carbocycles. The SMILES string of the molecule is C=CCN(CC=C)CP(=O)(O)O.[H-].[Na+]. The van der Waals surface area contributed by atoms with Gasteiger partial charge in [-0.05, 0) is 0 Å². The van der Waals surface area contributed by atoms with Crippen molar-refractivity contribution in [2.45, 2.75) is 0 Å². The molecule has 6 heteroatoms. The molecule has 0 saturated heterocycles. The molecule has 0 heterocycles. The second-order valence-corrected chi connectivity index (χ2v) is 4.03. The third kappa shape index (κ3) is 10.5. The monoisotopic (exact) mass is 215 g/mol. The zero-order chi connectivity index (χ0) is 9.61. The first-order valence-electron chi connectivity index (χ1n) is 3.48. The van der Waals surface area contributed by atoms with Gasteiger partial charge in [0.2, 0.25) is 0 Å². The average molecular weight is 215 g/mol. The van der Waals surface area contributed by atoms with Gasteiger partial charge in [-0.3, -0.25) is 9.46 Å². The Morgan fingerprint density at radius 1 is 1.31 bits per heavy atom. The van der Waals surface area contributed by atoms with E-state index in [0.29, 0.717) is 13.1 Å². The molecule has 72 valence electrons. The standard InChI is InChI=1S/C7H14NO3P.Na.H/c1-3-5-8(6-4-2)7-12(9,10)11;;/h3-4H,1-2,5-7H2,(H2,9,10,11);;/q;+1;-1. The first kappa shape index (κ1) is 16.0. The van der Waals surface area contributed by atoms with Crippen LogP contribution in [0.25, 0.3) is 0 Å². The van der Waals surface area contributed by atoms with Crippen molar-refractivity contribution in [1.29, 1.82) is 0 Å². The Labute approximate surface area is 102 Å². The molecule has 0 aliphatic rings. The van der Waals surface area contributed by atoms with Gasteiger partial charge in [0.1, 0.15) is 6.29 Å². The molecular weight excluding hydrogens is 200 g/mol. The maximum absolute atomic E-state index is 10.6. The quantitative estimate of drug-likeness (QED) is 0.303. The second kappa shape index (κ2) is 7.94. The smallest absolute Gasteiger partial charge is 1.00 e. The van der Waals surface area contributed by atoms with Crippen LogP contribution in [0.1, 0.15) is 1.43 Å². The van der Waals surface area contributed by atoms with Gasteiger partial charge in [-0.15, -0.1) is 13.2 Å². The maximum Gasteiger partial charge on any atom is 1.00 e. The molecule has 0 amide bonds. The van der Waals surface area contributed by atoms with E-state index in [1.165, 1.54) is 0 Å². The third-order valence-electron chi connectivity index (χ3n) is 1.16. The Morgan fingerprint density at radius 2 is 1.69 bits per heavy atom. The fraction of sp³-hybridized carbons (Fsp3) is 0.429. The number of rotatable bonds is 6. The minimum absolute atomic E-state index is 0. The molecule has 0 aromatic carbocycles. The van der Waals surface area contributed by atoms with Crippen LogP contribution in [0.4, 0.5) is 0 Å². The summed E-state index contributed by atoms with van der Waals surface area (Å²) in [5.41, 5.74) is 0.